The third kappa shape index (κ3) is 6.01. The van der Waals surface area contributed by atoms with E-state index in [1.165, 1.54) is 0 Å². The molecule has 1 atom stereocenters. The number of unbranched alkanes of at least 4 members (excludes halogenated alkanes) is 1. The molecule has 1 aliphatic heterocycles. The van der Waals surface area contributed by atoms with Crippen molar-refractivity contribution in [3.63, 3.8) is 0 Å². The number of ether oxygens (including phenoxy) is 1. The summed E-state index contributed by atoms with van der Waals surface area (Å²) in [5.41, 5.74) is 5.53. The molecule has 1 heterocycles. The molecule has 1 unspecified atom stereocenters. The quantitative estimate of drug-likeness (QED) is 0.639. The zero-order chi connectivity index (χ0) is 15.7. The zero-order valence-electron chi connectivity index (χ0n) is 13.3. The van der Waals surface area contributed by atoms with Crippen molar-refractivity contribution in [2.45, 2.75) is 45.1 Å². The van der Waals surface area contributed by atoms with E-state index in [1.54, 1.807) is 7.11 Å². The average molecular weight is 299 g/mol. The fourth-order valence-electron chi connectivity index (χ4n) is 2.51. The van der Waals surface area contributed by atoms with E-state index < -0.39 is 0 Å². The maximum atomic E-state index is 12.1. The van der Waals surface area contributed by atoms with Crippen molar-refractivity contribution >= 4 is 11.8 Å². The number of carbonyl (C=O) groups excluding carboxylic acids is 2. The topological polar surface area (TPSA) is 84.7 Å². The summed E-state index contributed by atoms with van der Waals surface area (Å²) in [6, 6.07) is 0. The Morgan fingerprint density at radius 1 is 1.38 bits per heavy atom. The second kappa shape index (κ2) is 9.73. The Bertz CT molecular complexity index is 324. The first-order valence-electron chi connectivity index (χ1n) is 7.90. The summed E-state index contributed by atoms with van der Waals surface area (Å²) in [4.78, 5) is 25.9. The smallest absolute Gasteiger partial charge is 0.225 e. The van der Waals surface area contributed by atoms with Gasteiger partial charge in [-0.15, -0.1) is 0 Å². The second-order valence-corrected chi connectivity index (χ2v) is 5.60. The van der Waals surface area contributed by atoms with Gasteiger partial charge in [-0.3, -0.25) is 9.59 Å². The van der Waals surface area contributed by atoms with Crippen molar-refractivity contribution < 1.29 is 14.3 Å². The van der Waals surface area contributed by atoms with Crippen LogP contribution >= 0.6 is 0 Å². The number of nitrogens with one attached hydrogen (secondary N) is 1. The van der Waals surface area contributed by atoms with Crippen LogP contribution in [-0.2, 0) is 14.3 Å². The van der Waals surface area contributed by atoms with Gasteiger partial charge in [0.25, 0.3) is 0 Å². The van der Waals surface area contributed by atoms with E-state index in [0.29, 0.717) is 26.1 Å². The van der Waals surface area contributed by atoms with E-state index in [1.807, 2.05) is 4.90 Å². The highest BCUT2D eigenvalue weighted by Crippen LogP contribution is 2.18. The lowest BCUT2D eigenvalue weighted by atomic mass is 9.95. The van der Waals surface area contributed by atoms with Crippen molar-refractivity contribution in [3.8, 4) is 0 Å². The van der Waals surface area contributed by atoms with Gasteiger partial charge in [-0.05, 0) is 19.3 Å². The molecule has 1 fully saturated rings. The maximum absolute atomic E-state index is 12.1. The van der Waals surface area contributed by atoms with Crippen LogP contribution in [0.15, 0.2) is 0 Å². The predicted molar refractivity (Wildman–Crippen MR) is 81.7 cm³/mol. The molecule has 0 saturated carbocycles. The van der Waals surface area contributed by atoms with Gasteiger partial charge >= 0.3 is 0 Å². The molecule has 122 valence electrons. The SMILES string of the molecule is CCCCNC(=O)C1CCN(C(=O)CC(CN)OC)CC1. The summed E-state index contributed by atoms with van der Waals surface area (Å²) in [7, 11) is 1.57. The van der Waals surface area contributed by atoms with Gasteiger partial charge in [0.15, 0.2) is 0 Å². The predicted octanol–water partition coefficient (Wildman–Crippen LogP) is 0.505. The first kappa shape index (κ1) is 17.9. The Labute approximate surface area is 127 Å². The van der Waals surface area contributed by atoms with Crippen LogP contribution in [-0.4, -0.2) is 56.1 Å². The van der Waals surface area contributed by atoms with Gasteiger partial charge in [-0.2, -0.15) is 0 Å². The molecule has 0 radical (unpaired) electrons. The van der Waals surface area contributed by atoms with Crippen LogP contribution in [0.3, 0.4) is 0 Å². The van der Waals surface area contributed by atoms with Crippen LogP contribution in [0, 0.1) is 5.92 Å². The number of hydrogen-bond acceptors (Lipinski definition) is 4. The van der Waals surface area contributed by atoms with Crippen molar-refractivity contribution in [3.05, 3.63) is 0 Å². The van der Waals surface area contributed by atoms with Crippen LogP contribution < -0.4 is 11.1 Å². The molecule has 0 aliphatic carbocycles. The molecule has 21 heavy (non-hydrogen) atoms. The number of rotatable bonds is 8. The minimum Gasteiger partial charge on any atom is -0.380 e. The highest BCUT2D eigenvalue weighted by Gasteiger charge is 2.27. The van der Waals surface area contributed by atoms with E-state index in [9.17, 15) is 9.59 Å². The van der Waals surface area contributed by atoms with Gasteiger partial charge < -0.3 is 20.7 Å². The van der Waals surface area contributed by atoms with E-state index >= 15 is 0 Å². The Balaban J connectivity index is 2.31. The molecular formula is C15H29N3O3. The van der Waals surface area contributed by atoms with Crippen LogP contribution in [0.1, 0.15) is 39.0 Å². The van der Waals surface area contributed by atoms with Crippen LogP contribution in [0.5, 0.6) is 0 Å². The number of nitrogens with zero attached hydrogens (tertiary/aromatic N) is 1. The van der Waals surface area contributed by atoms with Gasteiger partial charge in [-0.25, -0.2) is 0 Å². The monoisotopic (exact) mass is 299 g/mol. The molecule has 0 spiro atoms. The molecule has 6 heteroatoms. The molecule has 0 aromatic rings. The molecule has 1 saturated heterocycles. The molecule has 2 amide bonds. The second-order valence-electron chi connectivity index (χ2n) is 5.60. The maximum Gasteiger partial charge on any atom is 0.225 e. The van der Waals surface area contributed by atoms with Crippen LogP contribution in [0.25, 0.3) is 0 Å². The normalized spacial score (nSPS) is 17.6. The Kier molecular flexibility index (Phi) is 8.30. The highest BCUT2D eigenvalue weighted by atomic mass is 16.5. The minimum atomic E-state index is -0.215. The molecule has 6 nitrogen and oxygen atoms in total. The highest BCUT2D eigenvalue weighted by molar-refractivity contribution is 5.80. The first-order chi connectivity index (χ1) is 10.1. The molecule has 3 N–H and O–H groups in total. The zero-order valence-corrected chi connectivity index (χ0v) is 13.3. The van der Waals surface area contributed by atoms with Crippen LogP contribution in [0.2, 0.25) is 0 Å². The standard InChI is InChI=1S/C15H29N3O3/c1-3-4-7-17-15(20)12-5-8-18(9-6-12)14(19)10-13(11-16)21-2/h12-13H,3-11,16H2,1-2H3,(H,17,20). The summed E-state index contributed by atoms with van der Waals surface area (Å²) >= 11 is 0. The summed E-state index contributed by atoms with van der Waals surface area (Å²) in [5, 5.41) is 2.97. The summed E-state index contributed by atoms with van der Waals surface area (Å²) in [6.07, 6.45) is 3.68. The summed E-state index contributed by atoms with van der Waals surface area (Å²) in [6.45, 7) is 4.49. The van der Waals surface area contributed by atoms with Crippen molar-refractivity contribution in [2.75, 3.05) is 33.3 Å². The van der Waals surface area contributed by atoms with Gasteiger partial charge in [0.05, 0.1) is 12.5 Å². The lowest BCUT2D eigenvalue weighted by Gasteiger charge is -2.32. The Morgan fingerprint density at radius 2 is 2.05 bits per heavy atom. The third-order valence-electron chi connectivity index (χ3n) is 4.05. The number of amides is 2. The number of methoxy groups -OCH3 is 1. The molecule has 0 bridgehead atoms. The third-order valence-corrected chi connectivity index (χ3v) is 4.05. The van der Waals surface area contributed by atoms with E-state index in [4.69, 9.17) is 10.5 Å². The summed E-state index contributed by atoms with van der Waals surface area (Å²) in [5.74, 6) is 0.239. The van der Waals surface area contributed by atoms with E-state index in [-0.39, 0.29) is 23.8 Å². The largest absolute Gasteiger partial charge is 0.380 e. The van der Waals surface area contributed by atoms with Gasteiger partial charge in [0.2, 0.25) is 11.8 Å². The average Bonchev–Trinajstić information content (AvgIpc) is 2.52. The number of hydrogen-bond donors (Lipinski definition) is 2. The fraction of sp³-hybridized carbons (Fsp3) is 0.867. The van der Waals surface area contributed by atoms with E-state index in [0.717, 1.165) is 32.2 Å². The Hall–Kier alpha value is -1.14. The molecule has 0 aromatic heterocycles. The number of nitrogens with two attached hydrogens (primary N) is 1. The van der Waals surface area contributed by atoms with Gasteiger partial charge in [0.1, 0.15) is 0 Å². The van der Waals surface area contributed by atoms with E-state index in [2.05, 4.69) is 12.2 Å². The number of likely N-dealkylation sites (tertiary alicyclic amines) is 1. The first-order valence-corrected chi connectivity index (χ1v) is 7.90. The molecule has 1 aliphatic rings. The van der Waals surface area contributed by atoms with Crippen molar-refractivity contribution in [1.82, 2.24) is 10.2 Å². The van der Waals surface area contributed by atoms with Crippen molar-refractivity contribution in [1.29, 1.82) is 0 Å². The minimum absolute atomic E-state index is 0.0404. The number of piperidine rings is 1. The van der Waals surface area contributed by atoms with Crippen molar-refractivity contribution in [2.24, 2.45) is 11.7 Å². The summed E-state index contributed by atoms with van der Waals surface area (Å²) < 4.78 is 5.14. The molecule has 0 aromatic carbocycles. The van der Waals surface area contributed by atoms with Gasteiger partial charge in [0, 0.05) is 39.2 Å². The van der Waals surface area contributed by atoms with Crippen LogP contribution in [0.4, 0.5) is 0 Å². The molecule has 1 rings (SSSR count). The number of carbonyl (C=O) groups is 2. The Morgan fingerprint density at radius 3 is 2.57 bits per heavy atom. The molecular weight excluding hydrogens is 270 g/mol. The lowest BCUT2D eigenvalue weighted by molar-refractivity contribution is -0.137. The lowest BCUT2D eigenvalue weighted by Crippen LogP contribution is -2.44. The van der Waals surface area contributed by atoms with Gasteiger partial charge in [-0.1, -0.05) is 13.3 Å². The fourth-order valence-corrected chi connectivity index (χ4v) is 2.51.